The van der Waals surface area contributed by atoms with Crippen molar-refractivity contribution in [2.45, 2.75) is 18.1 Å². The molecule has 17 heavy (non-hydrogen) atoms. The Labute approximate surface area is 114 Å². The lowest BCUT2D eigenvalue weighted by atomic mass is 10.0. The van der Waals surface area contributed by atoms with Crippen LogP contribution in [0.25, 0.3) is 0 Å². The predicted molar refractivity (Wildman–Crippen MR) is 71.3 cm³/mol. The molecule has 1 aromatic carbocycles. The topological polar surface area (TPSA) is 34.1 Å². The van der Waals surface area contributed by atoms with Crippen LogP contribution in [0.3, 0.4) is 0 Å². The van der Waals surface area contributed by atoms with E-state index >= 15 is 0 Å². The molecule has 1 heterocycles. The van der Waals surface area contributed by atoms with E-state index in [1.807, 2.05) is 0 Å². The molecular formula is C12H10Cl2O2S. The molecular weight excluding hydrogens is 279 g/mol. The van der Waals surface area contributed by atoms with E-state index in [4.69, 9.17) is 23.2 Å². The van der Waals surface area contributed by atoms with Gasteiger partial charge in [0.2, 0.25) is 0 Å². The summed E-state index contributed by atoms with van der Waals surface area (Å²) in [6.07, 6.45) is 1.33. The first-order valence-electron chi connectivity index (χ1n) is 5.23. The number of rotatable bonds is 2. The van der Waals surface area contributed by atoms with Crippen LogP contribution < -0.4 is 0 Å². The Hall–Kier alpha value is -0.510. The van der Waals surface area contributed by atoms with E-state index in [1.165, 1.54) is 17.8 Å². The number of hydrogen-bond donors (Lipinski definition) is 0. The Bertz CT molecular complexity index is 474. The molecule has 2 nitrogen and oxygen atoms in total. The summed E-state index contributed by atoms with van der Waals surface area (Å²) in [5.41, 5.74) is 0.379. The smallest absolute Gasteiger partial charge is 0.184 e. The first-order valence-corrected chi connectivity index (χ1v) is 7.03. The number of benzene rings is 1. The number of Topliss-reactive ketones (excluding diaryl/α,β-unsaturated/α-hetero) is 2. The molecule has 1 aromatic rings. The van der Waals surface area contributed by atoms with Crippen LogP contribution in [-0.2, 0) is 4.79 Å². The van der Waals surface area contributed by atoms with E-state index in [0.717, 1.165) is 12.2 Å². The monoisotopic (exact) mass is 288 g/mol. The zero-order valence-electron chi connectivity index (χ0n) is 8.91. The molecule has 0 saturated carbocycles. The van der Waals surface area contributed by atoms with E-state index in [2.05, 4.69) is 0 Å². The van der Waals surface area contributed by atoms with Crippen molar-refractivity contribution in [3.05, 3.63) is 33.8 Å². The first kappa shape index (κ1) is 12.9. The Morgan fingerprint density at radius 3 is 2.76 bits per heavy atom. The number of halogens is 2. The normalized spacial score (nSPS) is 20.4. The second-order valence-corrected chi connectivity index (χ2v) is 5.87. The first-order chi connectivity index (χ1) is 8.09. The summed E-state index contributed by atoms with van der Waals surface area (Å²) in [6.45, 7) is 0. The molecule has 1 atom stereocenters. The molecule has 0 spiro atoms. The minimum absolute atomic E-state index is 0.00253. The van der Waals surface area contributed by atoms with Gasteiger partial charge in [0.05, 0.1) is 5.02 Å². The zero-order chi connectivity index (χ0) is 12.4. The van der Waals surface area contributed by atoms with E-state index in [-0.39, 0.29) is 11.6 Å². The summed E-state index contributed by atoms with van der Waals surface area (Å²) in [6, 6.07) is 4.71. The number of ketones is 2. The molecule has 2 rings (SSSR count). The summed E-state index contributed by atoms with van der Waals surface area (Å²) >= 11 is 13.1. The quantitative estimate of drug-likeness (QED) is 0.615. The Morgan fingerprint density at radius 1 is 1.35 bits per heavy atom. The van der Waals surface area contributed by atoms with Crippen LogP contribution in [0.1, 0.15) is 23.2 Å². The number of carbonyl (C=O) groups is 2. The standard InChI is InChI=1S/C12H10Cl2O2S/c13-7-3-4-8(9(14)6-7)11(16)12-10(15)2-1-5-17-12/h3-4,6,12H,1-2,5H2. The van der Waals surface area contributed by atoms with Gasteiger partial charge < -0.3 is 0 Å². The van der Waals surface area contributed by atoms with Crippen LogP contribution in [0, 0.1) is 0 Å². The van der Waals surface area contributed by atoms with Gasteiger partial charge in [-0.05, 0) is 30.4 Å². The summed E-state index contributed by atoms with van der Waals surface area (Å²) in [5.74, 6) is 0.631. The van der Waals surface area contributed by atoms with E-state index in [0.29, 0.717) is 22.0 Å². The lowest BCUT2D eigenvalue weighted by Gasteiger charge is -2.19. The second-order valence-electron chi connectivity index (χ2n) is 3.81. The van der Waals surface area contributed by atoms with E-state index in [1.54, 1.807) is 12.1 Å². The molecule has 0 N–H and O–H groups in total. The van der Waals surface area contributed by atoms with Crippen molar-refractivity contribution in [3.8, 4) is 0 Å². The van der Waals surface area contributed by atoms with Crippen LogP contribution in [0.4, 0.5) is 0 Å². The fourth-order valence-corrected chi connectivity index (χ4v) is 3.35. The van der Waals surface area contributed by atoms with Gasteiger partial charge in [0.25, 0.3) is 0 Å². The average molecular weight is 289 g/mol. The maximum Gasteiger partial charge on any atom is 0.184 e. The highest BCUT2D eigenvalue weighted by atomic mass is 35.5. The Morgan fingerprint density at radius 2 is 2.12 bits per heavy atom. The van der Waals surface area contributed by atoms with Gasteiger partial charge in [-0.15, -0.1) is 11.8 Å². The molecule has 0 amide bonds. The van der Waals surface area contributed by atoms with Crippen molar-refractivity contribution in [1.82, 2.24) is 0 Å². The second kappa shape index (κ2) is 5.42. The van der Waals surface area contributed by atoms with Crippen LogP contribution in [0.2, 0.25) is 10.0 Å². The van der Waals surface area contributed by atoms with Crippen molar-refractivity contribution in [2.24, 2.45) is 0 Å². The molecule has 1 aliphatic rings. The third-order valence-corrected chi connectivity index (χ3v) is 4.46. The molecule has 0 radical (unpaired) electrons. The molecule has 1 aliphatic heterocycles. The van der Waals surface area contributed by atoms with Crippen LogP contribution in [0.15, 0.2) is 18.2 Å². The van der Waals surface area contributed by atoms with Gasteiger partial charge in [0, 0.05) is 17.0 Å². The molecule has 0 bridgehead atoms. The van der Waals surface area contributed by atoms with Gasteiger partial charge in [-0.3, -0.25) is 9.59 Å². The third-order valence-electron chi connectivity index (χ3n) is 2.58. The van der Waals surface area contributed by atoms with Gasteiger partial charge in [0.15, 0.2) is 11.6 Å². The SMILES string of the molecule is O=C1CCCSC1C(=O)c1ccc(Cl)cc1Cl. The highest BCUT2D eigenvalue weighted by Crippen LogP contribution is 2.29. The minimum atomic E-state index is -0.595. The van der Waals surface area contributed by atoms with Crippen LogP contribution in [0.5, 0.6) is 0 Å². The average Bonchev–Trinajstić information content (AvgIpc) is 2.29. The molecule has 1 saturated heterocycles. The number of carbonyl (C=O) groups excluding carboxylic acids is 2. The molecule has 1 fully saturated rings. The highest BCUT2D eigenvalue weighted by Gasteiger charge is 2.31. The van der Waals surface area contributed by atoms with Crippen molar-refractivity contribution in [3.63, 3.8) is 0 Å². The van der Waals surface area contributed by atoms with E-state index < -0.39 is 5.25 Å². The van der Waals surface area contributed by atoms with Gasteiger partial charge in [0.1, 0.15) is 5.25 Å². The maximum atomic E-state index is 12.2. The lowest BCUT2D eigenvalue weighted by Crippen LogP contribution is -2.30. The minimum Gasteiger partial charge on any atom is -0.298 e. The van der Waals surface area contributed by atoms with Crippen molar-refractivity contribution in [2.75, 3.05) is 5.75 Å². The number of hydrogen-bond acceptors (Lipinski definition) is 3. The molecule has 0 aromatic heterocycles. The lowest BCUT2D eigenvalue weighted by molar-refractivity contribution is -0.118. The fraction of sp³-hybridized carbons (Fsp3) is 0.333. The summed E-state index contributed by atoms with van der Waals surface area (Å²) in [4.78, 5) is 23.8. The zero-order valence-corrected chi connectivity index (χ0v) is 11.2. The van der Waals surface area contributed by atoms with Crippen LogP contribution >= 0.6 is 35.0 Å². The van der Waals surface area contributed by atoms with E-state index in [9.17, 15) is 9.59 Å². The van der Waals surface area contributed by atoms with Crippen molar-refractivity contribution in [1.29, 1.82) is 0 Å². The summed E-state index contributed by atoms with van der Waals surface area (Å²) in [5, 5.41) is 0.193. The van der Waals surface area contributed by atoms with Crippen LogP contribution in [-0.4, -0.2) is 22.6 Å². The molecule has 5 heteroatoms. The Kier molecular flexibility index (Phi) is 4.13. The van der Waals surface area contributed by atoms with Gasteiger partial charge in [-0.25, -0.2) is 0 Å². The van der Waals surface area contributed by atoms with Gasteiger partial charge in [-0.2, -0.15) is 0 Å². The van der Waals surface area contributed by atoms with Gasteiger partial charge in [-0.1, -0.05) is 23.2 Å². The van der Waals surface area contributed by atoms with Crippen molar-refractivity contribution < 1.29 is 9.59 Å². The third kappa shape index (κ3) is 2.84. The molecule has 90 valence electrons. The largest absolute Gasteiger partial charge is 0.298 e. The molecule has 1 unspecified atom stereocenters. The van der Waals surface area contributed by atoms with Crippen molar-refractivity contribution >= 4 is 46.5 Å². The Balaban J connectivity index is 2.27. The highest BCUT2D eigenvalue weighted by molar-refractivity contribution is 8.01. The molecule has 0 aliphatic carbocycles. The fourth-order valence-electron chi connectivity index (χ4n) is 1.72. The maximum absolute atomic E-state index is 12.2. The predicted octanol–water partition coefficient (Wildman–Crippen LogP) is 3.64. The summed E-state index contributed by atoms with van der Waals surface area (Å²) in [7, 11) is 0. The summed E-state index contributed by atoms with van der Waals surface area (Å²) < 4.78 is 0. The number of thioether (sulfide) groups is 1. The van der Waals surface area contributed by atoms with Gasteiger partial charge >= 0.3 is 0 Å².